The van der Waals surface area contributed by atoms with E-state index >= 15 is 0 Å². The predicted molar refractivity (Wildman–Crippen MR) is 88.2 cm³/mol. The van der Waals surface area contributed by atoms with Crippen LogP contribution in [-0.2, 0) is 9.53 Å². The lowest BCUT2D eigenvalue weighted by atomic mass is 9.88. The third-order valence-electron chi connectivity index (χ3n) is 5.55. The molecule has 3 atom stereocenters. The van der Waals surface area contributed by atoms with Crippen LogP contribution in [0.3, 0.4) is 0 Å². The van der Waals surface area contributed by atoms with Gasteiger partial charge in [-0.25, -0.2) is 9.59 Å². The van der Waals surface area contributed by atoms with Gasteiger partial charge in [0.05, 0.1) is 0 Å². The van der Waals surface area contributed by atoms with Gasteiger partial charge in [0.1, 0.15) is 11.6 Å². The molecule has 5 nitrogen and oxygen atoms in total. The minimum atomic E-state index is -0.964. The van der Waals surface area contributed by atoms with Gasteiger partial charge in [0, 0.05) is 0 Å². The first-order valence-electron chi connectivity index (χ1n) is 8.79. The smallest absolute Gasteiger partial charge is 0.408 e. The number of carboxylic acid groups (broad SMARTS) is 1. The largest absolute Gasteiger partial charge is 0.480 e. The molecule has 1 amide bonds. The molecule has 23 heavy (non-hydrogen) atoms. The van der Waals surface area contributed by atoms with Crippen molar-refractivity contribution in [1.29, 1.82) is 0 Å². The van der Waals surface area contributed by atoms with E-state index in [-0.39, 0.29) is 5.92 Å². The number of ether oxygens (including phenoxy) is 1. The average molecular weight is 323 g/mol. The zero-order chi connectivity index (χ0) is 16.9. The zero-order valence-electron chi connectivity index (χ0n) is 14.1. The Labute approximate surface area is 138 Å². The highest BCUT2D eigenvalue weighted by atomic mass is 16.6. The number of carbonyl (C=O) groups is 2. The SMILES string of the molecule is C=CCCC1CCCC1(C)OC(=O)NC(C(=O)O)C1CCCC1. The highest BCUT2D eigenvalue weighted by molar-refractivity contribution is 5.80. The molecule has 2 rings (SSSR count). The molecule has 2 aliphatic rings. The van der Waals surface area contributed by atoms with Crippen LogP contribution in [0.2, 0.25) is 0 Å². The van der Waals surface area contributed by atoms with E-state index in [1.807, 2.05) is 13.0 Å². The number of hydrogen-bond acceptors (Lipinski definition) is 3. The van der Waals surface area contributed by atoms with Crippen LogP contribution in [0.25, 0.3) is 0 Å². The summed E-state index contributed by atoms with van der Waals surface area (Å²) in [6.07, 6.45) is 9.87. The van der Waals surface area contributed by atoms with Crippen molar-refractivity contribution in [3.05, 3.63) is 12.7 Å². The predicted octanol–water partition coefficient (Wildman–Crippen LogP) is 3.88. The highest BCUT2D eigenvalue weighted by Gasteiger charge is 2.42. The first kappa shape index (κ1) is 17.8. The summed E-state index contributed by atoms with van der Waals surface area (Å²) in [6, 6.07) is -0.832. The molecular weight excluding hydrogens is 294 g/mol. The van der Waals surface area contributed by atoms with Crippen LogP contribution in [0.15, 0.2) is 12.7 Å². The van der Waals surface area contributed by atoms with Crippen molar-refractivity contribution in [2.75, 3.05) is 0 Å². The molecule has 2 aliphatic carbocycles. The number of hydrogen-bond donors (Lipinski definition) is 2. The summed E-state index contributed by atoms with van der Waals surface area (Å²) in [5, 5.41) is 12.0. The van der Waals surface area contributed by atoms with Gasteiger partial charge in [-0.2, -0.15) is 0 Å². The molecule has 0 aromatic heterocycles. The molecule has 2 N–H and O–H groups in total. The normalized spacial score (nSPS) is 29.2. The van der Waals surface area contributed by atoms with E-state index in [0.717, 1.165) is 57.8 Å². The van der Waals surface area contributed by atoms with Gasteiger partial charge in [-0.1, -0.05) is 18.9 Å². The summed E-state index contributed by atoms with van der Waals surface area (Å²) in [7, 11) is 0. The first-order valence-corrected chi connectivity index (χ1v) is 8.79. The molecule has 0 saturated heterocycles. The van der Waals surface area contributed by atoms with Crippen LogP contribution in [0.5, 0.6) is 0 Å². The second-order valence-electron chi connectivity index (χ2n) is 7.16. The maximum absolute atomic E-state index is 12.3. The average Bonchev–Trinajstić information content (AvgIpc) is 3.12. The van der Waals surface area contributed by atoms with Crippen LogP contribution < -0.4 is 5.32 Å². The van der Waals surface area contributed by atoms with Gasteiger partial charge in [-0.3, -0.25) is 0 Å². The highest BCUT2D eigenvalue weighted by Crippen LogP contribution is 2.41. The molecule has 0 heterocycles. The van der Waals surface area contributed by atoms with E-state index in [2.05, 4.69) is 11.9 Å². The Morgan fingerprint density at radius 2 is 2.04 bits per heavy atom. The first-order chi connectivity index (χ1) is 11.0. The van der Waals surface area contributed by atoms with Gasteiger partial charge >= 0.3 is 12.1 Å². The fourth-order valence-electron chi connectivity index (χ4n) is 4.15. The van der Waals surface area contributed by atoms with Crippen molar-refractivity contribution in [2.45, 2.75) is 76.4 Å². The second-order valence-corrected chi connectivity index (χ2v) is 7.16. The summed E-state index contributed by atoms with van der Waals surface area (Å²) in [5.74, 6) is -0.623. The van der Waals surface area contributed by atoms with Crippen molar-refractivity contribution in [1.82, 2.24) is 5.32 Å². The summed E-state index contributed by atoms with van der Waals surface area (Å²) < 4.78 is 5.70. The van der Waals surface area contributed by atoms with Gasteiger partial charge in [-0.15, -0.1) is 6.58 Å². The van der Waals surface area contributed by atoms with Crippen LogP contribution in [-0.4, -0.2) is 28.8 Å². The third-order valence-corrected chi connectivity index (χ3v) is 5.55. The number of carbonyl (C=O) groups excluding carboxylic acids is 1. The maximum Gasteiger partial charge on any atom is 0.408 e. The van der Waals surface area contributed by atoms with Crippen molar-refractivity contribution < 1.29 is 19.4 Å². The number of nitrogens with one attached hydrogen (secondary N) is 1. The van der Waals surface area contributed by atoms with E-state index in [9.17, 15) is 14.7 Å². The lowest BCUT2D eigenvalue weighted by Gasteiger charge is -2.32. The number of carboxylic acids is 1. The van der Waals surface area contributed by atoms with Gasteiger partial charge < -0.3 is 15.2 Å². The van der Waals surface area contributed by atoms with Gasteiger partial charge in [0.15, 0.2) is 0 Å². The standard InChI is InChI=1S/C18H29NO4/c1-3-4-10-14-11-7-12-18(14,2)23-17(22)19-15(16(20)21)13-8-5-6-9-13/h3,13-15H,1,4-12H2,2H3,(H,19,22)(H,20,21). The number of aliphatic carboxylic acids is 1. The van der Waals surface area contributed by atoms with E-state index in [4.69, 9.17) is 4.74 Å². The minimum absolute atomic E-state index is 0.0213. The molecule has 5 heteroatoms. The molecular formula is C18H29NO4. The Balaban J connectivity index is 1.93. The summed E-state index contributed by atoms with van der Waals surface area (Å²) in [6.45, 7) is 5.72. The van der Waals surface area contributed by atoms with Crippen LogP contribution >= 0.6 is 0 Å². The van der Waals surface area contributed by atoms with E-state index in [1.54, 1.807) is 0 Å². The number of amides is 1. The molecule has 3 unspecified atom stereocenters. The van der Waals surface area contributed by atoms with Gasteiger partial charge in [0.2, 0.25) is 0 Å². The Morgan fingerprint density at radius 1 is 1.35 bits per heavy atom. The number of rotatable bonds is 7. The van der Waals surface area contributed by atoms with Crippen LogP contribution in [0, 0.1) is 11.8 Å². The van der Waals surface area contributed by atoms with Crippen molar-refractivity contribution in [3.8, 4) is 0 Å². The lowest BCUT2D eigenvalue weighted by molar-refractivity contribution is -0.141. The Bertz CT molecular complexity index is 444. The quantitative estimate of drug-likeness (QED) is 0.697. The third kappa shape index (κ3) is 4.49. The number of allylic oxidation sites excluding steroid dienone is 1. The molecule has 0 bridgehead atoms. The number of alkyl carbamates (subject to hydrolysis) is 1. The van der Waals surface area contributed by atoms with Crippen molar-refractivity contribution in [2.24, 2.45) is 11.8 Å². The van der Waals surface area contributed by atoms with E-state index in [0.29, 0.717) is 5.92 Å². The Kier molecular flexibility index (Phi) is 6.08. The van der Waals surface area contributed by atoms with E-state index in [1.165, 1.54) is 0 Å². The minimum Gasteiger partial charge on any atom is -0.480 e. The van der Waals surface area contributed by atoms with E-state index < -0.39 is 23.7 Å². The van der Waals surface area contributed by atoms with Gasteiger partial charge in [-0.05, 0) is 63.7 Å². The Morgan fingerprint density at radius 3 is 2.65 bits per heavy atom. The van der Waals surface area contributed by atoms with Gasteiger partial charge in [0.25, 0.3) is 0 Å². The summed E-state index contributed by atoms with van der Waals surface area (Å²) in [5.41, 5.74) is -0.494. The summed E-state index contributed by atoms with van der Waals surface area (Å²) >= 11 is 0. The molecule has 0 spiro atoms. The molecule has 2 saturated carbocycles. The van der Waals surface area contributed by atoms with Crippen LogP contribution in [0.1, 0.15) is 64.7 Å². The molecule has 0 radical (unpaired) electrons. The monoisotopic (exact) mass is 323 g/mol. The Hall–Kier alpha value is -1.52. The molecule has 0 aromatic carbocycles. The summed E-state index contributed by atoms with van der Waals surface area (Å²) in [4.78, 5) is 23.7. The maximum atomic E-state index is 12.3. The van der Waals surface area contributed by atoms with Crippen molar-refractivity contribution in [3.63, 3.8) is 0 Å². The lowest BCUT2D eigenvalue weighted by Crippen LogP contribution is -2.48. The van der Waals surface area contributed by atoms with Crippen molar-refractivity contribution >= 4 is 12.1 Å². The van der Waals surface area contributed by atoms with Crippen LogP contribution in [0.4, 0.5) is 4.79 Å². The zero-order valence-corrected chi connectivity index (χ0v) is 14.1. The molecule has 0 aliphatic heterocycles. The fraction of sp³-hybridized carbons (Fsp3) is 0.778. The fourth-order valence-corrected chi connectivity index (χ4v) is 4.15. The molecule has 0 aromatic rings. The second kappa shape index (κ2) is 7.84. The molecule has 130 valence electrons. The topological polar surface area (TPSA) is 75.6 Å². The molecule has 2 fully saturated rings.